The van der Waals surface area contributed by atoms with Gasteiger partial charge in [0.15, 0.2) is 0 Å². The smallest absolute Gasteiger partial charge is 0.302 e. The molecule has 0 amide bonds. The van der Waals surface area contributed by atoms with Gasteiger partial charge in [0.05, 0.1) is 13.2 Å². The Morgan fingerprint density at radius 2 is 1.75 bits per heavy atom. The molecule has 5 atom stereocenters. The van der Waals surface area contributed by atoms with Crippen molar-refractivity contribution in [2.75, 3.05) is 13.2 Å². The lowest BCUT2D eigenvalue weighted by Gasteiger charge is -2.51. The van der Waals surface area contributed by atoms with Crippen LogP contribution in [-0.2, 0) is 19.1 Å². The first-order chi connectivity index (χ1) is 20.7. The average molecular weight is 603 g/mol. The molecule has 242 valence electrons. The van der Waals surface area contributed by atoms with Gasteiger partial charge in [0, 0.05) is 36.2 Å². The SMILES string of the molecule is CC(=O)CCCCOC1=C(C23CCC4C=CC(CCCOC(C)=O)(C5=CCC(C(C)(C)C)C=C52)C3C4)C=C(C(C)(C)C)CC1. The van der Waals surface area contributed by atoms with Crippen molar-refractivity contribution in [2.45, 2.75) is 126 Å². The van der Waals surface area contributed by atoms with Crippen LogP contribution in [0.25, 0.3) is 0 Å². The van der Waals surface area contributed by atoms with Crippen LogP contribution in [0.4, 0.5) is 0 Å². The second-order valence-corrected chi connectivity index (χ2v) is 16.6. The summed E-state index contributed by atoms with van der Waals surface area (Å²) in [4.78, 5) is 23.2. The van der Waals surface area contributed by atoms with Crippen LogP contribution in [0.2, 0.25) is 0 Å². The first kappa shape index (κ1) is 33.0. The molecule has 4 heteroatoms. The zero-order chi connectivity index (χ0) is 31.9. The van der Waals surface area contributed by atoms with Gasteiger partial charge in [-0.3, -0.25) is 4.79 Å². The standard InChI is InChI=1S/C40H58O4/c1-27(41)12-9-10-22-44-35-16-14-31(38(6,7)8)26-34(35)40-21-18-29-17-20-39(36(40)24-29,19-11-23-43-28(2)42)32-15-13-30(25-33(32)40)37(3,4)5/h15,17,20,25-26,29-30,36H,9-14,16,18-19,21-24H2,1-8H3. The Kier molecular flexibility index (Phi) is 9.34. The number of Topliss-reactive ketones (excluding diaryl/α,β-unsaturated/α-hetero) is 1. The van der Waals surface area contributed by atoms with Crippen molar-refractivity contribution in [3.63, 3.8) is 0 Å². The highest BCUT2D eigenvalue weighted by Crippen LogP contribution is 2.74. The fourth-order valence-electron chi connectivity index (χ4n) is 9.15. The van der Waals surface area contributed by atoms with Crippen LogP contribution < -0.4 is 0 Å². The molecule has 4 nitrogen and oxygen atoms in total. The minimum atomic E-state index is -0.192. The molecule has 5 rings (SSSR count). The molecule has 0 heterocycles. The molecule has 5 aliphatic carbocycles. The molecule has 44 heavy (non-hydrogen) atoms. The number of rotatable bonds is 11. The Hall–Kier alpha value is -2.36. The topological polar surface area (TPSA) is 52.6 Å². The molecule has 0 spiro atoms. The summed E-state index contributed by atoms with van der Waals surface area (Å²) < 4.78 is 12.3. The van der Waals surface area contributed by atoms with E-state index in [-0.39, 0.29) is 33.4 Å². The molecule has 2 bridgehead atoms. The lowest BCUT2D eigenvalue weighted by Crippen LogP contribution is -2.44. The van der Waals surface area contributed by atoms with Crippen molar-refractivity contribution in [2.24, 2.45) is 39.4 Å². The zero-order valence-corrected chi connectivity index (χ0v) is 28.9. The van der Waals surface area contributed by atoms with E-state index in [0.29, 0.717) is 37.4 Å². The molecular weight excluding hydrogens is 544 g/mol. The largest absolute Gasteiger partial charge is 0.498 e. The van der Waals surface area contributed by atoms with E-state index in [1.807, 2.05) is 0 Å². The number of ether oxygens (including phenoxy) is 2. The predicted molar refractivity (Wildman–Crippen MR) is 179 cm³/mol. The van der Waals surface area contributed by atoms with Crippen LogP contribution >= 0.6 is 0 Å². The molecule has 0 aromatic rings. The number of esters is 1. The molecule has 0 aliphatic heterocycles. The van der Waals surface area contributed by atoms with E-state index in [9.17, 15) is 9.59 Å². The second kappa shape index (κ2) is 12.4. The van der Waals surface area contributed by atoms with Gasteiger partial charge in [-0.1, -0.05) is 77.5 Å². The summed E-state index contributed by atoms with van der Waals surface area (Å²) >= 11 is 0. The van der Waals surface area contributed by atoms with Gasteiger partial charge in [0.2, 0.25) is 0 Å². The third-order valence-corrected chi connectivity index (χ3v) is 11.6. The van der Waals surface area contributed by atoms with Gasteiger partial charge in [-0.15, -0.1) is 0 Å². The van der Waals surface area contributed by atoms with Gasteiger partial charge in [-0.05, 0) is 104 Å². The summed E-state index contributed by atoms with van der Waals surface area (Å²) in [6.07, 6.45) is 24.0. The lowest BCUT2D eigenvalue weighted by molar-refractivity contribution is -0.141. The fourth-order valence-corrected chi connectivity index (χ4v) is 9.15. The Morgan fingerprint density at radius 1 is 0.977 bits per heavy atom. The zero-order valence-electron chi connectivity index (χ0n) is 28.9. The summed E-state index contributed by atoms with van der Waals surface area (Å²) in [6, 6.07) is 0. The quantitative estimate of drug-likeness (QED) is 0.134. The number of carbonyl (C=O) groups is 2. The summed E-state index contributed by atoms with van der Waals surface area (Å²) in [5.41, 5.74) is 6.27. The van der Waals surface area contributed by atoms with E-state index in [0.717, 1.165) is 51.4 Å². The van der Waals surface area contributed by atoms with Crippen LogP contribution in [-0.4, -0.2) is 25.0 Å². The van der Waals surface area contributed by atoms with E-state index in [1.165, 1.54) is 36.7 Å². The molecule has 0 saturated heterocycles. The average Bonchev–Trinajstić information content (AvgIpc) is 3.23. The first-order valence-electron chi connectivity index (χ1n) is 17.5. The van der Waals surface area contributed by atoms with Crippen molar-refractivity contribution in [1.82, 2.24) is 0 Å². The van der Waals surface area contributed by atoms with Crippen LogP contribution in [0.3, 0.4) is 0 Å². The van der Waals surface area contributed by atoms with Crippen LogP contribution in [0.1, 0.15) is 126 Å². The second-order valence-electron chi connectivity index (χ2n) is 16.6. The first-order valence-corrected chi connectivity index (χ1v) is 17.5. The maximum absolute atomic E-state index is 11.6. The van der Waals surface area contributed by atoms with Crippen molar-refractivity contribution in [1.29, 1.82) is 0 Å². The van der Waals surface area contributed by atoms with Gasteiger partial charge >= 0.3 is 5.97 Å². The van der Waals surface area contributed by atoms with Gasteiger partial charge in [0.25, 0.3) is 0 Å². The van der Waals surface area contributed by atoms with E-state index in [2.05, 4.69) is 71.9 Å². The van der Waals surface area contributed by atoms with Gasteiger partial charge in [-0.25, -0.2) is 0 Å². The van der Waals surface area contributed by atoms with E-state index >= 15 is 0 Å². The molecule has 5 aliphatic rings. The number of fused-ring (bicyclic) bond motifs is 4. The highest BCUT2D eigenvalue weighted by Gasteiger charge is 2.65. The highest BCUT2D eigenvalue weighted by atomic mass is 16.5. The number of allylic oxidation sites excluding steroid dienone is 10. The number of carbonyl (C=O) groups excluding carboxylic acids is 2. The van der Waals surface area contributed by atoms with Crippen LogP contribution in [0.15, 0.2) is 58.4 Å². The summed E-state index contributed by atoms with van der Waals surface area (Å²) in [5.74, 6) is 2.85. The van der Waals surface area contributed by atoms with Gasteiger partial charge < -0.3 is 14.3 Å². The van der Waals surface area contributed by atoms with E-state index < -0.39 is 0 Å². The summed E-state index contributed by atoms with van der Waals surface area (Å²) in [7, 11) is 0. The van der Waals surface area contributed by atoms with Crippen molar-refractivity contribution < 1.29 is 19.1 Å². The minimum Gasteiger partial charge on any atom is -0.498 e. The molecular formula is C40H58O4. The normalized spacial score (nSPS) is 31.2. The maximum Gasteiger partial charge on any atom is 0.302 e. The number of ketones is 1. The lowest BCUT2D eigenvalue weighted by atomic mass is 9.52. The van der Waals surface area contributed by atoms with Gasteiger partial charge in [0.1, 0.15) is 11.5 Å². The Bertz CT molecular complexity index is 1290. The van der Waals surface area contributed by atoms with Crippen LogP contribution in [0, 0.1) is 39.4 Å². The molecule has 2 saturated carbocycles. The molecule has 0 radical (unpaired) electrons. The van der Waals surface area contributed by atoms with E-state index in [4.69, 9.17) is 9.47 Å². The monoisotopic (exact) mass is 602 g/mol. The maximum atomic E-state index is 11.6. The summed E-state index contributed by atoms with van der Waals surface area (Å²) in [6.45, 7) is 18.6. The Labute approximate surface area is 267 Å². The fraction of sp³-hybridized carbons (Fsp3) is 0.700. The van der Waals surface area contributed by atoms with Crippen molar-refractivity contribution >= 4 is 11.8 Å². The van der Waals surface area contributed by atoms with Crippen molar-refractivity contribution in [3.8, 4) is 0 Å². The molecule has 0 aromatic heterocycles. The van der Waals surface area contributed by atoms with Crippen LogP contribution in [0.5, 0.6) is 0 Å². The number of unbranched alkanes of at least 4 members (excludes halogenated alkanes) is 1. The molecule has 0 aromatic carbocycles. The Morgan fingerprint density at radius 3 is 2.43 bits per heavy atom. The molecule has 2 fully saturated rings. The number of hydrogen-bond acceptors (Lipinski definition) is 4. The minimum absolute atomic E-state index is 0.0431. The third-order valence-electron chi connectivity index (χ3n) is 11.6. The van der Waals surface area contributed by atoms with Crippen molar-refractivity contribution in [3.05, 3.63) is 58.4 Å². The molecule has 5 unspecified atom stereocenters. The molecule has 0 N–H and O–H groups in total. The van der Waals surface area contributed by atoms with E-state index in [1.54, 1.807) is 18.1 Å². The predicted octanol–water partition coefficient (Wildman–Crippen LogP) is 10.0. The van der Waals surface area contributed by atoms with Gasteiger partial charge in [-0.2, -0.15) is 0 Å². The Balaban J connectivity index is 1.65. The summed E-state index contributed by atoms with van der Waals surface area (Å²) in [5, 5.41) is 0. The third kappa shape index (κ3) is 6.21. The number of hydrogen-bond donors (Lipinski definition) is 0. The highest BCUT2D eigenvalue weighted by molar-refractivity contribution is 5.75.